The first kappa shape index (κ1) is 9.88. The summed E-state index contributed by atoms with van der Waals surface area (Å²) in [6.45, 7) is 5.77. The van der Waals surface area contributed by atoms with E-state index >= 15 is 0 Å². The summed E-state index contributed by atoms with van der Waals surface area (Å²) < 4.78 is 0. The van der Waals surface area contributed by atoms with Crippen LogP contribution in [-0.4, -0.2) is 32.3 Å². The largest absolute Gasteiger partial charge is 0.330 e. The molecule has 0 aromatic rings. The Morgan fingerprint density at radius 3 is 2.30 bits per heavy atom. The molecule has 0 heterocycles. The third kappa shape index (κ3) is 3.82. The Balaban J connectivity index is 3.64. The zero-order valence-electron chi connectivity index (χ0n) is 7.35. The monoisotopic (exact) mass is 146 g/mol. The van der Waals surface area contributed by atoms with Gasteiger partial charge in [0.05, 0.1) is 7.11 Å². The first-order chi connectivity index (χ1) is 4.52. The van der Waals surface area contributed by atoms with Crippen LogP contribution in [0.1, 0.15) is 13.8 Å². The molecule has 0 spiro atoms. The van der Waals surface area contributed by atoms with Crippen LogP contribution in [0.2, 0.25) is 0 Å². The van der Waals surface area contributed by atoms with Gasteiger partial charge in [-0.15, -0.1) is 0 Å². The predicted octanol–water partition coefficient (Wildman–Crippen LogP) is 0.465. The molecule has 0 amide bonds. The predicted molar refractivity (Wildman–Crippen MR) is 42.5 cm³/mol. The van der Waals surface area contributed by atoms with Crippen LogP contribution < -0.4 is 5.73 Å². The highest BCUT2D eigenvalue weighted by Crippen LogP contribution is 2.13. The molecule has 0 saturated carbocycles. The van der Waals surface area contributed by atoms with Gasteiger partial charge in [-0.1, -0.05) is 13.8 Å². The fourth-order valence-corrected chi connectivity index (χ4v) is 0.732. The molecule has 3 nitrogen and oxygen atoms in total. The maximum Gasteiger partial charge on any atom is 0.0575 e. The van der Waals surface area contributed by atoms with Crippen molar-refractivity contribution in [3.05, 3.63) is 0 Å². The molecule has 0 atom stereocenters. The topological polar surface area (TPSA) is 38.5 Å². The normalized spacial score (nSPS) is 12.6. The first-order valence-electron chi connectivity index (χ1n) is 3.47. The minimum absolute atomic E-state index is 0.144. The van der Waals surface area contributed by atoms with Crippen molar-refractivity contribution in [2.75, 3.05) is 27.2 Å². The van der Waals surface area contributed by atoms with Crippen LogP contribution in [-0.2, 0) is 4.84 Å². The molecule has 0 aliphatic heterocycles. The zero-order valence-corrected chi connectivity index (χ0v) is 7.35. The fourth-order valence-electron chi connectivity index (χ4n) is 0.732. The first-order valence-corrected chi connectivity index (χ1v) is 3.47. The molecule has 0 saturated heterocycles. The van der Waals surface area contributed by atoms with E-state index in [4.69, 9.17) is 10.6 Å². The lowest BCUT2D eigenvalue weighted by Gasteiger charge is -2.27. The van der Waals surface area contributed by atoms with Crippen molar-refractivity contribution in [1.82, 2.24) is 5.06 Å². The van der Waals surface area contributed by atoms with Crippen LogP contribution in [0.5, 0.6) is 0 Å². The highest BCUT2D eigenvalue weighted by molar-refractivity contribution is 4.70. The van der Waals surface area contributed by atoms with Crippen LogP contribution >= 0.6 is 0 Å². The van der Waals surface area contributed by atoms with E-state index in [1.54, 1.807) is 12.2 Å². The quantitative estimate of drug-likeness (QED) is 0.586. The van der Waals surface area contributed by atoms with Crippen molar-refractivity contribution in [1.29, 1.82) is 0 Å². The van der Waals surface area contributed by atoms with E-state index in [1.807, 2.05) is 7.05 Å². The van der Waals surface area contributed by atoms with E-state index in [9.17, 15) is 0 Å². The molecule has 10 heavy (non-hydrogen) atoms. The van der Waals surface area contributed by atoms with Crippen LogP contribution in [0.15, 0.2) is 0 Å². The molecule has 0 aromatic carbocycles. The van der Waals surface area contributed by atoms with Crippen molar-refractivity contribution in [2.24, 2.45) is 11.1 Å². The molecular weight excluding hydrogens is 128 g/mol. The number of hydrogen-bond acceptors (Lipinski definition) is 3. The summed E-state index contributed by atoms with van der Waals surface area (Å²) in [5, 5.41) is 1.78. The molecule has 0 bridgehead atoms. The van der Waals surface area contributed by atoms with Gasteiger partial charge < -0.3 is 10.6 Å². The highest BCUT2D eigenvalue weighted by Gasteiger charge is 2.17. The van der Waals surface area contributed by atoms with E-state index in [-0.39, 0.29) is 5.41 Å². The summed E-state index contributed by atoms with van der Waals surface area (Å²) in [5.41, 5.74) is 5.67. The Hall–Kier alpha value is -0.120. The third-order valence-electron chi connectivity index (χ3n) is 1.51. The van der Waals surface area contributed by atoms with Gasteiger partial charge >= 0.3 is 0 Å². The molecule has 0 fully saturated rings. The van der Waals surface area contributed by atoms with Crippen LogP contribution in [0.25, 0.3) is 0 Å². The van der Waals surface area contributed by atoms with Crippen LogP contribution in [0.3, 0.4) is 0 Å². The summed E-state index contributed by atoms with van der Waals surface area (Å²) in [4.78, 5) is 4.97. The standard InChI is InChI=1S/C7H18N2O/c1-7(2,5-8)6-9(3)10-4/h5-6,8H2,1-4H3. The Labute approximate surface area is 63.1 Å². The Kier molecular flexibility index (Phi) is 3.86. The molecule has 0 aromatic heterocycles. The lowest BCUT2D eigenvalue weighted by Crippen LogP contribution is -2.36. The van der Waals surface area contributed by atoms with Gasteiger partial charge in [0.2, 0.25) is 0 Å². The van der Waals surface area contributed by atoms with Crippen molar-refractivity contribution in [2.45, 2.75) is 13.8 Å². The van der Waals surface area contributed by atoms with Gasteiger partial charge in [0, 0.05) is 13.6 Å². The van der Waals surface area contributed by atoms with E-state index in [2.05, 4.69) is 13.8 Å². The van der Waals surface area contributed by atoms with Crippen molar-refractivity contribution >= 4 is 0 Å². The van der Waals surface area contributed by atoms with E-state index in [1.165, 1.54) is 0 Å². The molecule has 2 N–H and O–H groups in total. The molecule has 62 valence electrons. The Bertz CT molecular complexity index is 93.6. The second-order valence-electron chi connectivity index (χ2n) is 3.34. The summed E-state index contributed by atoms with van der Waals surface area (Å²) in [6.07, 6.45) is 0. The maximum atomic E-state index is 5.53. The van der Waals surface area contributed by atoms with Gasteiger partial charge in [0.25, 0.3) is 0 Å². The smallest absolute Gasteiger partial charge is 0.0575 e. The van der Waals surface area contributed by atoms with Gasteiger partial charge in [-0.2, -0.15) is 5.06 Å². The summed E-state index contributed by atoms with van der Waals surface area (Å²) in [6, 6.07) is 0. The third-order valence-corrected chi connectivity index (χ3v) is 1.51. The van der Waals surface area contributed by atoms with E-state index < -0.39 is 0 Å². The summed E-state index contributed by atoms with van der Waals surface area (Å²) >= 11 is 0. The minimum atomic E-state index is 0.144. The highest BCUT2D eigenvalue weighted by atomic mass is 16.7. The van der Waals surface area contributed by atoms with Crippen LogP contribution in [0, 0.1) is 5.41 Å². The SMILES string of the molecule is CON(C)CC(C)(C)CN. The van der Waals surface area contributed by atoms with E-state index in [0.29, 0.717) is 6.54 Å². The van der Waals surface area contributed by atoms with Gasteiger partial charge in [0.15, 0.2) is 0 Å². The maximum absolute atomic E-state index is 5.53. The number of nitrogens with zero attached hydrogens (tertiary/aromatic N) is 1. The van der Waals surface area contributed by atoms with Crippen LogP contribution in [0.4, 0.5) is 0 Å². The van der Waals surface area contributed by atoms with Gasteiger partial charge in [-0.3, -0.25) is 0 Å². The Morgan fingerprint density at radius 1 is 1.50 bits per heavy atom. The second-order valence-corrected chi connectivity index (χ2v) is 3.34. The molecule has 3 heteroatoms. The number of hydroxylamine groups is 2. The van der Waals surface area contributed by atoms with Gasteiger partial charge in [0.1, 0.15) is 0 Å². The number of nitrogens with two attached hydrogens (primary N) is 1. The lowest BCUT2D eigenvalue weighted by molar-refractivity contribution is -0.126. The van der Waals surface area contributed by atoms with Crippen molar-refractivity contribution in [3.63, 3.8) is 0 Å². The van der Waals surface area contributed by atoms with Gasteiger partial charge in [-0.25, -0.2) is 0 Å². The number of hydrogen-bond donors (Lipinski definition) is 1. The number of rotatable bonds is 4. The molecule has 0 aliphatic rings. The summed E-state index contributed by atoms with van der Waals surface area (Å²) in [7, 11) is 3.56. The zero-order chi connectivity index (χ0) is 8.20. The van der Waals surface area contributed by atoms with Crippen molar-refractivity contribution < 1.29 is 4.84 Å². The molecule has 0 radical (unpaired) electrons. The molecule has 0 aliphatic carbocycles. The molecule has 0 unspecified atom stereocenters. The van der Waals surface area contributed by atoms with Crippen molar-refractivity contribution in [3.8, 4) is 0 Å². The average Bonchev–Trinajstić information content (AvgIpc) is 1.87. The lowest BCUT2D eigenvalue weighted by atomic mass is 9.94. The Morgan fingerprint density at radius 2 is 2.00 bits per heavy atom. The van der Waals surface area contributed by atoms with Gasteiger partial charge in [-0.05, 0) is 12.0 Å². The fraction of sp³-hybridized carbons (Fsp3) is 1.00. The molecular formula is C7H18N2O. The average molecular weight is 146 g/mol. The second kappa shape index (κ2) is 3.91. The minimum Gasteiger partial charge on any atom is -0.330 e. The molecule has 0 rings (SSSR count). The van der Waals surface area contributed by atoms with E-state index in [0.717, 1.165) is 6.54 Å². The summed E-state index contributed by atoms with van der Waals surface area (Å²) in [5.74, 6) is 0.